The lowest BCUT2D eigenvalue weighted by Gasteiger charge is -2.20. The van der Waals surface area contributed by atoms with E-state index in [0.717, 1.165) is 22.4 Å². The average molecular weight is 422 g/mol. The molecule has 4 rings (SSSR count). The van der Waals surface area contributed by atoms with Gasteiger partial charge in [0, 0.05) is 24.7 Å². The minimum atomic E-state index is -0.514. The number of rotatable bonds is 4. The van der Waals surface area contributed by atoms with Crippen molar-refractivity contribution in [3.8, 4) is 0 Å². The predicted molar refractivity (Wildman–Crippen MR) is 117 cm³/mol. The van der Waals surface area contributed by atoms with Gasteiger partial charge in [0.2, 0.25) is 11.8 Å². The third-order valence-corrected chi connectivity index (χ3v) is 6.09. The Morgan fingerprint density at radius 1 is 0.968 bits per heavy atom. The number of hydrazine groups is 2. The Morgan fingerprint density at radius 3 is 2.48 bits per heavy atom. The summed E-state index contributed by atoms with van der Waals surface area (Å²) in [5.74, 6) is -1.29. The smallest absolute Gasteiger partial charge is 0.256 e. The maximum absolute atomic E-state index is 12.6. The first-order valence-electron chi connectivity index (χ1n) is 10.5. The van der Waals surface area contributed by atoms with Crippen molar-refractivity contribution < 1.29 is 14.4 Å². The van der Waals surface area contributed by atoms with E-state index in [0.29, 0.717) is 13.0 Å². The van der Waals surface area contributed by atoms with Crippen molar-refractivity contribution in [2.45, 2.75) is 38.8 Å². The number of nitrogens with zero attached hydrogens (tertiary/aromatic N) is 1. The average Bonchev–Trinajstić information content (AvgIpc) is 3.42. The summed E-state index contributed by atoms with van der Waals surface area (Å²) < 4.78 is 0. The summed E-state index contributed by atoms with van der Waals surface area (Å²) in [6.45, 7) is 4.26. The van der Waals surface area contributed by atoms with Crippen LogP contribution in [-0.4, -0.2) is 30.3 Å². The van der Waals surface area contributed by atoms with Gasteiger partial charge in [-0.2, -0.15) is 0 Å². The third-order valence-electron chi connectivity index (χ3n) is 6.09. The standard InChI is InChI=1S/C23H27N5O3/c1-14-7-6-10-20(15(14)2)28-13-17(11-21(28)29)22(30)26-27-23(31)19-12-18(24-25-19)16-8-4-3-5-9-16/h3-10,17-19,24-25H,11-13H2,1-2H3,(H,26,30)(H,27,31). The highest BCUT2D eigenvalue weighted by Gasteiger charge is 2.36. The highest BCUT2D eigenvalue weighted by atomic mass is 16.2. The normalized spacial score (nSPS) is 23.1. The van der Waals surface area contributed by atoms with Crippen LogP contribution in [0.15, 0.2) is 48.5 Å². The molecule has 8 heteroatoms. The fourth-order valence-corrected chi connectivity index (χ4v) is 4.09. The van der Waals surface area contributed by atoms with E-state index in [2.05, 4.69) is 21.7 Å². The van der Waals surface area contributed by atoms with Crippen LogP contribution in [0.1, 0.15) is 35.6 Å². The number of anilines is 1. The van der Waals surface area contributed by atoms with Gasteiger partial charge in [-0.25, -0.2) is 10.9 Å². The molecule has 2 aromatic carbocycles. The van der Waals surface area contributed by atoms with Crippen LogP contribution in [0.2, 0.25) is 0 Å². The van der Waals surface area contributed by atoms with Crippen molar-refractivity contribution in [3.63, 3.8) is 0 Å². The topological polar surface area (TPSA) is 103 Å². The Labute approximate surface area is 181 Å². The molecule has 0 aliphatic carbocycles. The van der Waals surface area contributed by atoms with E-state index >= 15 is 0 Å². The molecule has 3 unspecified atom stereocenters. The van der Waals surface area contributed by atoms with Crippen molar-refractivity contribution >= 4 is 23.4 Å². The molecule has 0 bridgehead atoms. The van der Waals surface area contributed by atoms with Crippen molar-refractivity contribution in [2.24, 2.45) is 5.92 Å². The van der Waals surface area contributed by atoms with Crippen LogP contribution < -0.4 is 26.6 Å². The molecule has 0 spiro atoms. The summed E-state index contributed by atoms with van der Waals surface area (Å²) in [5, 5.41) is 0. The minimum Gasteiger partial charge on any atom is -0.311 e. The zero-order valence-corrected chi connectivity index (χ0v) is 17.6. The molecular weight excluding hydrogens is 394 g/mol. The molecule has 2 aromatic rings. The van der Waals surface area contributed by atoms with Gasteiger partial charge in [-0.15, -0.1) is 0 Å². The first-order valence-corrected chi connectivity index (χ1v) is 10.5. The molecule has 3 atom stereocenters. The van der Waals surface area contributed by atoms with Gasteiger partial charge < -0.3 is 4.90 Å². The van der Waals surface area contributed by atoms with E-state index < -0.39 is 12.0 Å². The van der Waals surface area contributed by atoms with E-state index in [1.54, 1.807) is 4.90 Å². The Hall–Kier alpha value is -3.23. The lowest BCUT2D eigenvalue weighted by atomic mass is 10.0. The molecule has 2 heterocycles. The Bertz CT molecular complexity index is 994. The molecule has 2 aliphatic heterocycles. The second kappa shape index (κ2) is 8.87. The molecule has 0 aromatic heterocycles. The van der Waals surface area contributed by atoms with Gasteiger partial charge in [0.1, 0.15) is 6.04 Å². The van der Waals surface area contributed by atoms with Gasteiger partial charge in [-0.1, -0.05) is 42.5 Å². The first-order chi connectivity index (χ1) is 14.9. The van der Waals surface area contributed by atoms with Crippen LogP contribution in [0, 0.1) is 19.8 Å². The van der Waals surface area contributed by atoms with Crippen molar-refractivity contribution in [3.05, 3.63) is 65.2 Å². The van der Waals surface area contributed by atoms with Gasteiger partial charge in [0.05, 0.1) is 5.92 Å². The molecule has 0 saturated carbocycles. The summed E-state index contributed by atoms with van der Waals surface area (Å²) in [5.41, 5.74) is 15.1. The van der Waals surface area contributed by atoms with Crippen LogP contribution in [0.4, 0.5) is 5.69 Å². The lowest BCUT2D eigenvalue weighted by Crippen LogP contribution is -2.51. The third kappa shape index (κ3) is 4.45. The number of aryl methyl sites for hydroxylation is 1. The molecule has 162 valence electrons. The number of carbonyl (C=O) groups is 3. The fraction of sp³-hybridized carbons (Fsp3) is 0.348. The molecule has 31 heavy (non-hydrogen) atoms. The number of benzene rings is 2. The minimum absolute atomic E-state index is 0.0197. The zero-order valence-electron chi connectivity index (χ0n) is 17.6. The van der Waals surface area contributed by atoms with Gasteiger partial charge in [-0.05, 0) is 43.0 Å². The number of nitrogens with one attached hydrogen (secondary N) is 4. The molecule has 2 fully saturated rings. The Kier molecular flexibility index (Phi) is 6.01. The van der Waals surface area contributed by atoms with Gasteiger partial charge in [-0.3, -0.25) is 25.2 Å². The summed E-state index contributed by atoms with van der Waals surface area (Å²) in [6, 6.07) is 15.2. The van der Waals surface area contributed by atoms with Crippen LogP contribution in [0.25, 0.3) is 0 Å². The second-order valence-electron chi connectivity index (χ2n) is 8.14. The van der Waals surface area contributed by atoms with E-state index in [9.17, 15) is 14.4 Å². The number of carbonyl (C=O) groups excluding carboxylic acids is 3. The molecule has 0 radical (unpaired) electrons. The number of hydrogen-bond donors (Lipinski definition) is 4. The molecular formula is C23H27N5O3. The highest BCUT2D eigenvalue weighted by molar-refractivity contribution is 6.01. The molecule has 4 N–H and O–H groups in total. The first kappa shape index (κ1) is 21.0. The summed E-state index contributed by atoms with van der Waals surface area (Å²) in [4.78, 5) is 39.2. The summed E-state index contributed by atoms with van der Waals surface area (Å²) >= 11 is 0. The van der Waals surface area contributed by atoms with Crippen molar-refractivity contribution in [1.82, 2.24) is 21.7 Å². The lowest BCUT2D eigenvalue weighted by molar-refractivity contribution is -0.132. The molecule has 8 nitrogen and oxygen atoms in total. The van der Waals surface area contributed by atoms with E-state index in [-0.39, 0.29) is 30.2 Å². The fourth-order valence-electron chi connectivity index (χ4n) is 4.09. The Morgan fingerprint density at radius 2 is 1.71 bits per heavy atom. The SMILES string of the molecule is Cc1cccc(N2CC(C(=O)NNC(=O)C3CC(c4ccccc4)NN3)CC2=O)c1C. The van der Waals surface area contributed by atoms with E-state index in [4.69, 9.17) is 0 Å². The van der Waals surface area contributed by atoms with Gasteiger partial charge in [0.15, 0.2) is 0 Å². The van der Waals surface area contributed by atoms with Gasteiger partial charge >= 0.3 is 0 Å². The van der Waals surface area contributed by atoms with Gasteiger partial charge in [0.25, 0.3) is 5.91 Å². The number of amides is 3. The van der Waals surface area contributed by atoms with Crippen LogP contribution in [0.3, 0.4) is 0 Å². The Balaban J connectivity index is 1.30. The van der Waals surface area contributed by atoms with Crippen molar-refractivity contribution in [1.29, 1.82) is 0 Å². The zero-order chi connectivity index (χ0) is 22.0. The molecule has 2 aliphatic rings. The highest BCUT2D eigenvalue weighted by Crippen LogP contribution is 2.29. The maximum atomic E-state index is 12.6. The van der Waals surface area contributed by atoms with Crippen LogP contribution >= 0.6 is 0 Å². The number of hydrogen-bond acceptors (Lipinski definition) is 5. The van der Waals surface area contributed by atoms with Crippen LogP contribution in [0.5, 0.6) is 0 Å². The second-order valence-corrected chi connectivity index (χ2v) is 8.14. The molecule has 2 saturated heterocycles. The van der Waals surface area contributed by atoms with Crippen LogP contribution in [-0.2, 0) is 14.4 Å². The van der Waals surface area contributed by atoms with E-state index in [1.807, 2.05) is 62.4 Å². The summed E-state index contributed by atoms with van der Waals surface area (Å²) in [7, 11) is 0. The predicted octanol–water partition coefficient (Wildman–Crippen LogP) is 1.41. The molecule has 3 amide bonds. The summed E-state index contributed by atoms with van der Waals surface area (Å²) in [6.07, 6.45) is 0.683. The van der Waals surface area contributed by atoms with E-state index in [1.165, 1.54) is 0 Å². The monoisotopic (exact) mass is 421 g/mol. The maximum Gasteiger partial charge on any atom is 0.256 e. The van der Waals surface area contributed by atoms with Crippen molar-refractivity contribution in [2.75, 3.05) is 11.4 Å². The quantitative estimate of drug-likeness (QED) is 0.559. The largest absolute Gasteiger partial charge is 0.311 e.